The van der Waals surface area contributed by atoms with Crippen molar-refractivity contribution in [1.29, 1.82) is 0 Å². The minimum absolute atomic E-state index is 0.0328. The molecule has 2 aromatic carbocycles. The van der Waals surface area contributed by atoms with Crippen molar-refractivity contribution in [3.8, 4) is 11.3 Å². The maximum atomic E-state index is 13.7. The van der Waals surface area contributed by atoms with Crippen LogP contribution in [-0.2, 0) is 13.6 Å². The Balaban J connectivity index is 1.25. The number of anilines is 3. The molecule has 5 aromatic rings. The third-order valence-electron chi connectivity index (χ3n) is 7.94. The Morgan fingerprint density at radius 1 is 1.05 bits per heavy atom. The van der Waals surface area contributed by atoms with Crippen LogP contribution in [0.1, 0.15) is 39.2 Å². The Kier molecular flexibility index (Phi) is 5.74. The van der Waals surface area contributed by atoms with Gasteiger partial charge >= 0.3 is 0 Å². The second-order valence-corrected chi connectivity index (χ2v) is 10.5. The summed E-state index contributed by atoms with van der Waals surface area (Å²) >= 11 is 0. The summed E-state index contributed by atoms with van der Waals surface area (Å²) in [4.78, 5) is 28.4. The second-order valence-electron chi connectivity index (χ2n) is 10.5. The number of fused-ring (bicyclic) bond motifs is 2. The number of hydrogen-bond acceptors (Lipinski definition) is 6. The summed E-state index contributed by atoms with van der Waals surface area (Å²) in [5.74, 6) is 1.21. The Morgan fingerprint density at radius 3 is 2.70 bits per heavy atom. The van der Waals surface area contributed by atoms with Gasteiger partial charge in [0, 0.05) is 54.3 Å². The van der Waals surface area contributed by atoms with E-state index < -0.39 is 0 Å². The molecular weight excluding hydrogens is 500 g/mol. The number of carbonyl (C=O) groups excluding carboxylic acids is 1. The molecule has 1 amide bonds. The second kappa shape index (κ2) is 9.46. The molecule has 7 rings (SSSR count). The quantitative estimate of drug-likeness (QED) is 0.287. The molecule has 9 heteroatoms. The summed E-state index contributed by atoms with van der Waals surface area (Å²) in [7, 11) is 1.90. The molecule has 0 spiro atoms. The number of aryl methyl sites for hydroxylation is 3. The predicted molar refractivity (Wildman–Crippen MR) is 158 cm³/mol. The largest absolute Gasteiger partial charge is 0.359 e. The van der Waals surface area contributed by atoms with Gasteiger partial charge in [-0.15, -0.1) is 0 Å². The van der Waals surface area contributed by atoms with E-state index in [0.29, 0.717) is 18.3 Å². The van der Waals surface area contributed by atoms with E-state index >= 15 is 0 Å². The van der Waals surface area contributed by atoms with Gasteiger partial charge in [0.2, 0.25) is 5.95 Å². The summed E-state index contributed by atoms with van der Waals surface area (Å²) in [5, 5.41) is 12.1. The summed E-state index contributed by atoms with van der Waals surface area (Å²) in [5.41, 5.74) is 9.95. The van der Waals surface area contributed by atoms with Crippen molar-refractivity contribution in [2.75, 3.05) is 23.3 Å². The third-order valence-corrected chi connectivity index (χ3v) is 7.94. The first-order chi connectivity index (χ1) is 19.5. The van der Waals surface area contributed by atoms with E-state index in [-0.39, 0.29) is 5.91 Å². The van der Waals surface area contributed by atoms with Crippen LogP contribution in [0.4, 0.5) is 17.5 Å². The van der Waals surface area contributed by atoms with Gasteiger partial charge in [0.05, 0.1) is 23.4 Å². The summed E-state index contributed by atoms with van der Waals surface area (Å²) in [6.07, 6.45) is 7.00. The van der Waals surface area contributed by atoms with Gasteiger partial charge in [-0.2, -0.15) is 5.10 Å². The van der Waals surface area contributed by atoms with Crippen molar-refractivity contribution in [3.05, 3.63) is 88.9 Å². The van der Waals surface area contributed by atoms with E-state index in [1.54, 1.807) is 0 Å². The molecule has 9 nitrogen and oxygen atoms in total. The number of aromatic amines is 1. The lowest BCUT2D eigenvalue weighted by Gasteiger charge is -2.18. The van der Waals surface area contributed by atoms with E-state index in [4.69, 9.17) is 4.98 Å². The standard InChI is InChI=1S/C31H30N8O/c1-18-15-34-31(35-27-14-19(2)38(3)37-27)36-28(18)24-16-33-29-22(24)7-5-9-26(29)39-17-25-21(20-10-12-32-13-11-20)6-4-8-23(25)30(39)40/h4-10,14-16,32-33H,11-13,17H2,1-3H3,(H,34,35,36,37). The number of benzene rings is 2. The molecule has 0 bridgehead atoms. The SMILES string of the molecule is Cc1cnc(Nc2cc(C)n(C)n2)nc1-c1c[nH]c2c(N3Cc4c(cccc4C4=CCNCC4)C3=O)cccc12. The zero-order valence-electron chi connectivity index (χ0n) is 22.7. The van der Waals surface area contributed by atoms with Crippen LogP contribution in [0.3, 0.4) is 0 Å². The minimum Gasteiger partial charge on any atom is -0.359 e. The van der Waals surface area contributed by atoms with Gasteiger partial charge in [0.1, 0.15) is 0 Å². The molecule has 3 aromatic heterocycles. The number of H-pyrrole nitrogens is 1. The maximum absolute atomic E-state index is 13.7. The minimum atomic E-state index is 0.0328. The van der Waals surface area contributed by atoms with E-state index in [9.17, 15) is 4.79 Å². The van der Waals surface area contributed by atoms with Gasteiger partial charge in [0.15, 0.2) is 5.82 Å². The number of nitrogens with zero attached hydrogens (tertiary/aromatic N) is 5. The number of amides is 1. The molecule has 2 aliphatic heterocycles. The molecule has 0 aliphatic carbocycles. The molecule has 0 fully saturated rings. The van der Waals surface area contributed by atoms with Crippen LogP contribution in [0.5, 0.6) is 0 Å². The van der Waals surface area contributed by atoms with Crippen molar-refractivity contribution >= 4 is 39.8 Å². The van der Waals surface area contributed by atoms with Gasteiger partial charge in [0.25, 0.3) is 5.91 Å². The average Bonchev–Trinajstić information content (AvgIpc) is 3.65. The van der Waals surface area contributed by atoms with Gasteiger partial charge in [-0.1, -0.05) is 30.3 Å². The number of para-hydroxylation sites is 1. The number of hydrogen-bond donors (Lipinski definition) is 3. The first-order valence-corrected chi connectivity index (χ1v) is 13.5. The van der Waals surface area contributed by atoms with Crippen LogP contribution >= 0.6 is 0 Å². The van der Waals surface area contributed by atoms with Gasteiger partial charge < -0.3 is 20.5 Å². The Morgan fingerprint density at radius 2 is 1.90 bits per heavy atom. The highest BCUT2D eigenvalue weighted by Gasteiger charge is 2.32. The summed E-state index contributed by atoms with van der Waals surface area (Å²) in [6, 6.07) is 14.1. The van der Waals surface area contributed by atoms with E-state index in [0.717, 1.165) is 69.7 Å². The molecule has 5 heterocycles. The highest BCUT2D eigenvalue weighted by atomic mass is 16.2. The van der Waals surface area contributed by atoms with Crippen molar-refractivity contribution < 1.29 is 4.79 Å². The van der Waals surface area contributed by atoms with Crippen LogP contribution in [0.15, 0.2) is 60.9 Å². The van der Waals surface area contributed by atoms with Crippen molar-refractivity contribution in [1.82, 2.24) is 30.0 Å². The van der Waals surface area contributed by atoms with Crippen LogP contribution < -0.4 is 15.5 Å². The van der Waals surface area contributed by atoms with Crippen LogP contribution in [-0.4, -0.2) is 43.7 Å². The molecule has 3 N–H and O–H groups in total. The number of rotatable bonds is 5. The molecule has 0 radical (unpaired) electrons. The maximum Gasteiger partial charge on any atom is 0.259 e. The molecule has 200 valence electrons. The Hall–Kier alpha value is -4.76. The first kappa shape index (κ1) is 24.3. The topological polar surface area (TPSA) is 104 Å². The van der Waals surface area contributed by atoms with E-state index in [1.807, 2.05) is 73.2 Å². The van der Waals surface area contributed by atoms with Crippen LogP contribution in [0, 0.1) is 13.8 Å². The highest BCUT2D eigenvalue weighted by Crippen LogP contribution is 2.39. The summed E-state index contributed by atoms with van der Waals surface area (Å²) in [6.45, 7) is 6.37. The molecule has 0 unspecified atom stereocenters. The van der Waals surface area contributed by atoms with Crippen molar-refractivity contribution in [2.45, 2.75) is 26.8 Å². The lowest BCUT2D eigenvalue weighted by molar-refractivity contribution is 0.0997. The number of aromatic nitrogens is 5. The highest BCUT2D eigenvalue weighted by molar-refractivity contribution is 6.15. The van der Waals surface area contributed by atoms with E-state index in [2.05, 4.69) is 43.9 Å². The first-order valence-electron chi connectivity index (χ1n) is 13.5. The molecular formula is C31H30N8O. The zero-order valence-corrected chi connectivity index (χ0v) is 22.7. The number of nitrogens with one attached hydrogen (secondary N) is 3. The number of carbonyl (C=O) groups is 1. The zero-order chi connectivity index (χ0) is 27.4. The van der Waals surface area contributed by atoms with Crippen molar-refractivity contribution in [2.24, 2.45) is 7.05 Å². The lowest BCUT2D eigenvalue weighted by atomic mass is 9.93. The average molecular weight is 531 g/mol. The predicted octanol–water partition coefficient (Wildman–Crippen LogP) is 5.26. The molecule has 0 saturated heterocycles. The smallest absolute Gasteiger partial charge is 0.259 e. The Bertz CT molecular complexity index is 1810. The van der Waals surface area contributed by atoms with Gasteiger partial charge in [-0.05, 0) is 61.2 Å². The molecule has 0 saturated carbocycles. The Labute approximate surface area is 232 Å². The summed E-state index contributed by atoms with van der Waals surface area (Å²) < 4.78 is 1.81. The lowest BCUT2D eigenvalue weighted by Crippen LogP contribution is -2.23. The normalized spacial score (nSPS) is 15.0. The van der Waals surface area contributed by atoms with E-state index in [1.165, 1.54) is 11.1 Å². The fourth-order valence-corrected chi connectivity index (χ4v) is 5.77. The fraction of sp³-hybridized carbons (Fsp3) is 0.226. The molecule has 40 heavy (non-hydrogen) atoms. The third kappa shape index (κ3) is 3.97. The van der Waals surface area contributed by atoms with Crippen LogP contribution in [0.2, 0.25) is 0 Å². The monoisotopic (exact) mass is 530 g/mol. The fourth-order valence-electron chi connectivity index (χ4n) is 5.77. The van der Waals surface area contributed by atoms with Gasteiger partial charge in [-0.3, -0.25) is 9.48 Å². The van der Waals surface area contributed by atoms with Crippen LogP contribution in [0.25, 0.3) is 27.7 Å². The van der Waals surface area contributed by atoms with Crippen molar-refractivity contribution in [3.63, 3.8) is 0 Å². The molecule has 2 aliphatic rings. The molecule has 0 atom stereocenters. The van der Waals surface area contributed by atoms with Gasteiger partial charge in [-0.25, -0.2) is 9.97 Å².